The summed E-state index contributed by atoms with van der Waals surface area (Å²) in [6.45, 7) is 0.0970. The van der Waals surface area contributed by atoms with E-state index in [1.165, 1.54) is 4.90 Å². The molecule has 1 saturated heterocycles. The number of likely N-dealkylation sites (tertiary alicyclic amines) is 1. The van der Waals surface area contributed by atoms with E-state index in [1.807, 2.05) is 60.7 Å². The van der Waals surface area contributed by atoms with Gasteiger partial charge in [0.1, 0.15) is 0 Å². The maximum absolute atomic E-state index is 12.6. The van der Waals surface area contributed by atoms with Gasteiger partial charge in [-0.1, -0.05) is 73.5 Å². The highest BCUT2D eigenvalue weighted by Gasteiger charge is 2.47. The van der Waals surface area contributed by atoms with Crippen molar-refractivity contribution in [1.29, 1.82) is 0 Å². The number of nitrogens with zero attached hydrogens (tertiary/aromatic N) is 1. The molecule has 150 valence electrons. The predicted octanol–water partition coefficient (Wildman–Crippen LogP) is 3.88. The second-order valence-corrected chi connectivity index (χ2v) is 7.77. The Hall–Kier alpha value is -2.95. The zero-order chi connectivity index (χ0) is 20.2. The Kier molecular flexibility index (Phi) is 5.74. The molecule has 5 heteroatoms. The van der Waals surface area contributed by atoms with Crippen LogP contribution in [0.1, 0.15) is 49.3 Å². The average Bonchev–Trinajstić information content (AvgIpc) is 3.02. The van der Waals surface area contributed by atoms with Gasteiger partial charge < -0.3 is 4.74 Å². The van der Waals surface area contributed by atoms with Crippen molar-refractivity contribution < 1.29 is 19.1 Å². The van der Waals surface area contributed by atoms with E-state index in [9.17, 15) is 14.4 Å². The van der Waals surface area contributed by atoms with Crippen molar-refractivity contribution in [2.75, 3.05) is 6.54 Å². The number of amides is 2. The third kappa shape index (κ3) is 4.09. The number of rotatable bonds is 6. The molecule has 2 amide bonds. The molecule has 2 aromatic carbocycles. The maximum Gasteiger partial charge on any atom is 0.308 e. The third-order valence-electron chi connectivity index (χ3n) is 5.93. The molecule has 4 rings (SSSR count). The van der Waals surface area contributed by atoms with E-state index in [2.05, 4.69) is 0 Å². The van der Waals surface area contributed by atoms with Crippen molar-refractivity contribution in [2.45, 2.75) is 38.2 Å². The number of esters is 1. The smallest absolute Gasteiger partial charge is 0.308 e. The van der Waals surface area contributed by atoms with E-state index in [0.29, 0.717) is 0 Å². The monoisotopic (exact) mass is 391 g/mol. The number of fused-ring (bicyclic) bond motifs is 1. The molecule has 1 aliphatic carbocycles. The van der Waals surface area contributed by atoms with Crippen LogP contribution in [0.4, 0.5) is 0 Å². The molecule has 2 aliphatic rings. The highest BCUT2D eigenvalue weighted by atomic mass is 16.5. The highest BCUT2D eigenvalue weighted by Crippen LogP contribution is 2.38. The molecule has 29 heavy (non-hydrogen) atoms. The molecule has 1 saturated carbocycles. The topological polar surface area (TPSA) is 63.7 Å². The first-order chi connectivity index (χ1) is 14.1. The first kappa shape index (κ1) is 19.4. The van der Waals surface area contributed by atoms with Crippen molar-refractivity contribution in [3.63, 3.8) is 0 Å². The number of carbonyl (C=O) groups is 3. The number of carbonyl (C=O) groups excluding carboxylic acids is 3. The average molecular weight is 391 g/mol. The lowest BCUT2D eigenvalue weighted by Crippen LogP contribution is -2.33. The molecule has 1 aliphatic heterocycles. The summed E-state index contributed by atoms with van der Waals surface area (Å²) >= 11 is 0. The van der Waals surface area contributed by atoms with Crippen molar-refractivity contribution in [3.8, 4) is 0 Å². The van der Waals surface area contributed by atoms with Crippen LogP contribution in [0.3, 0.4) is 0 Å². The van der Waals surface area contributed by atoms with Gasteiger partial charge in [-0.2, -0.15) is 0 Å². The summed E-state index contributed by atoms with van der Waals surface area (Å²) in [5, 5.41) is 0. The van der Waals surface area contributed by atoms with E-state index in [4.69, 9.17) is 4.74 Å². The molecule has 0 radical (unpaired) electrons. The molecule has 2 atom stereocenters. The number of imide groups is 1. The Balaban J connectivity index is 1.42. The first-order valence-electron chi connectivity index (χ1n) is 10.3. The maximum atomic E-state index is 12.6. The SMILES string of the molecule is O=C(CCN1C(=O)C2CCCCC2C1=O)OC(c1ccccc1)c1ccccc1. The van der Waals surface area contributed by atoms with Crippen molar-refractivity contribution in [3.05, 3.63) is 71.8 Å². The minimum Gasteiger partial charge on any atom is -0.452 e. The van der Waals surface area contributed by atoms with Crippen LogP contribution in [0.5, 0.6) is 0 Å². The summed E-state index contributed by atoms with van der Waals surface area (Å²) in [5.74, 6) is -1.02. The van der Waals surface area contributed by atoms with Crippen molar-refractivity contribution in [2.24, 2.45) is 11.8 Å². The molecule has 2 fully saturated rings. The van der Waals surface area contributed by atoms with Gasteiger partial charge >= 0.3 is 5.97 Å². The second kappa shape index (κ2) is 8.60. The Morgan fingerprint density at radius 2 is 1.34 bits per heavy atom. The normalized spacial score (nSPS) is 21.3. The zero-order valence-corrected chi connectivity index (χ0v) is 16.3. The Labute approximate surface area is 170 Å². The second-order valence-electron chi connectivity index (χ2n) is 7.77. The summed E-state index contributed by atoms with van der Waals surface area (Å²) in [4.78, 5) is 39.1. The number of hydrogen-bond acceptors (Lipinski definition) is 4. The summed E-state index contributed by atoms with van der Waals surface area (Å²) in [7, 11) is 0. The summed E-state index contributed by atoms with van der Waals surface area (Å²) in [6.07, 6.45) is 3.03. The largest absolute Gasteiger partial charge is 0.452 e. The fourth-order valence-corrected chi connectivity index (χ4v) is 4.43. The number of hydrogen-bond donors (Lipinski definition) is 0. The lowest BCUT2D eigenvalue weighted by atomic mass is 9.81. The Morgan fingerprint density at radius 3 is 1.83 bits per heavy atom. The molecule has 5 nitrogen and oxygen atoms in total. The fourth-order valence-electron chi connectivity index (χ4n) is 4.43. The Morgan fingerprint density at radius 1 is 0.862 bits per heavy atom. The molecule has 2 unspecified atom stereocenters. The fraction of sp³-hybridized carbons (Fsp3) is 0.375. The lowest BCUT2D eigenvalue weighted by Gasteiger charge is -2.20. The number of benzene rings is 2. The van der Waals surface area contributed by atoms with E-state index >= 15 is 0 Å². The van der Waals surface area contributed by atoms with Gasteiger partial charge in [0.15, 0.2) is 6.10 Å². The van der Waals surface area contributed by atoms with Gasteiger partial charge in [0.05, 0.1) is 18.3 Å². The standard InChI is InChI=1S/C24H25NO4/c26-21(15-16-25-23(27)19-13-7-8-14-20(19)24(25)28)29-22(17-9-3-1-4-10-17)18-11-5-2-6-12-18/h1-6,9-12,19-20,22H,7-8,13-16H2. The minimum absolute atomic E-state index is 0.00703. The first-order valence-corrected chi connectivity index (χ1v) is 10.3. The van der Waals surface area contributed by atoms with Gasteiger partial charge in [-0.25, -0.2) is 0 Å². The quantitative estimate of drug-likeness (QED) is 0.554. The number of ether oxygens (including phenoxy) is 1. The van der Waals surface area contributed by atoms with Gasteiger partial charge in [-0.3, -0.25) is 19.3 Å². The molecule has 0 aromatic heterocycles. The molecular weight excluding hydrogens is 366 g/mol. The van der Waals surface area contributed by atoms with Crippen LogP contribution in [0.2, 0.25) is 0 Å². The molecule has 1 heterocycles. The lowest BCUT2D eigenvalue weighted by molar-refractivity contribution is -0.149. The Bertz CT molecular complexity index is 817. The van der Waals surface area contributed by atoms with Gasteiger partial charge in [-0.15, -0.1) is 0 Å². The zero-order valence-electron chi connectivity index (χ0n) is 16.3. The minimum atomic E-state index is -0.516. The summed E-state index contributed by atoms with van der Waals surface area (Å²) in [5.41, 5.74) is 1.76. The van der Waals surface area contributed by atoms with Gasteiger partial charge in [0.2, 0.25) is 11.8 Å². The van der Waals surface area contributed by atoms with E-state index in [-0.39, 0.29) is 36.6 Å². The van der Waals surface area contributed by atoms with Gasteiger partial charge in [0, 0.05) is 6.54 Å². The molecule has 0 bridgehead atoms. The van der Waals surface area contributed by atoms with Crippen LogP contribution in [-0.2, 0) is 19.1 Å². The van der Waals surface area contributed by atoms with Crippen LogP contribution in [-0.4, -0.2) is 29.2 Å². The molecule has 0 N–H and O–H groups in total. The van der Waals surface area contributed by atoms with Crippen LogP contribution >= 0.6 is 0 Å². The van der Waals surface area contributed by atoms with E-state index in [0.717, 1.165) is 36.8 Å². The van der Waals surface area contributed by atoms with Gasteiger partial charge in [-0.05, 0) is 24.0 Å². The molecular formula is C24H25NO4. The summed E-state index contributed by atoms with van der Waals surface area (Å²) < 4.78 is 5.78. The van der Waals surface area contributed by atoms with E-state index in [1.54, 1.807) is 0 Å². The van der Waals surface area contributed by atoms with Crippen LogP contribution < -0.4 is 0 Å². The van der Waals surface area contributed by atoms with Crippen molar-refractivity contribution >= 4 is 17.8 Å². The van der Waals surface area contributed by atoms with Crippen LogP contribution in [0.15, 0.2) is 60.7 Å². The molecule has 0 spiro atoms. The van der Waals surface area contributed by atoms with Crippen molar-refractivity contribution in [1.82, 2.24) is 4.90 Å². The third-order valence-corrected chi connectivity index (χ3v) is 5.93. The predicted molar refractivity (Wildman–Crippen MR) is 108 cm³/mol. The highest BCUT2D eigenvalue weighted by molar-refractivity contribution is 6.05. The molecule has 2 aromatic rings. The van der Waals surface area contributed by atoms with Crippen LogP contribution in [0.25, 0.3) is 0 Å². The van der Waals surface area contributed by atoms with Gasteiger partial charge in [0.25, 0.3) is 0 Å². The van der Waals surface area contributed by atoms with E-state index < -0.39 is 12.1 Å². The van der Waals surface area contributed by atoms with Crippen LogP contribution in [0, 0.1) is 11.8 Å². The summed E-state index contributed by atoms with van der Waals surface area (Å²) in [6, 6.07) is 19.1.